The minimum absolute atomic E-state index is 0.0217. The number of halogens is 1. The highest BCUT2D eigenvalue weighted by Gasteiger charge is 2.41. The molecule has 1 fully saturated rings. The molecule has 7 nitrogen and oxygen atoms in total. The molecule has 1 aliphatic heterocycles. The Bertz CT molecular complexity index is 1190. The van der Waals surface area contributed by atoms with E-state index in [-0.39, 0.29) is 30.6 Å². The molecule has 4 rings (SSSR count). The van der Waals surface area contributed by atoms with Gasteiger partial charge in [-0.1, -0.05) is 6.07 Å². The van der Waals surface area contributed by atoms with Gasteiger partial charge in [0.05, 0.1) is 32.1 Å². The maximum atomic E-state index is 14.3. The average Bonchev–Trinajstić information content (AvgIpc) is 2.84. The number of hydrogen-bond donors (Lipinski definition) is 0. The molecule has 0 saturated carbocycles. The number of carbonyl (C=O) groups is 2. The van der Waals surface area contributed by atoms with E-state index in [1.165, 1.54) is 19.2 Å². The highest BCUT2D eigenvalue weighted by Crippen LogP contribution is 2.36. The predicted molar refractivity (Wildman–Crippen MR) is 125 cm³/mol. The molecule has 2 aromatic heterocycles. The molecular weight excluding hydrogens is 437 g/mol. The highest BCUT2D eigenvalue weighted by molar-refractivity contribution is 5.86. The summed E-state index contributed by atoms with van der Waals surface area (Å²) in [6, 6.07) is 11.8. The molecule has 1 amide bonds. The summed E-state index contributed by atoms with van der Waals surface area (Å²) in [6.07, 6.45) is 4.00. The number of nitrogens with zero attached hydrogens (tertiary/aromatic N) is 3. The van der Waals surface area contributed by atoms with Crippen LogP contribution in [0, 0.1) is 11.7 Å². The van der Waals surface area contributed by atoms with E-state index in [2.05, 4.69) is 9.97 Å². The topological polar surface area (TPSA) is 81.6 Å². The molecule has 178 valence electrons. The Morgan fingerprint density at radius 1 is 1.26 bits per heavy atom. The van der Waals surface area contributed by atoms with Gasteiger partial charge >= 0.3 is 5.97 Å². The molecule has 3 aromatic rings. The van der Waals surface area contributed by atoms with Crippen LogP contribution in [0.5, 0.6) is 5.75 Å². The number of fused-ring (bicyclic) bond motifs is 1. The third kappa shape index (κ3) is 5.16. The lowest BCUT2D eigenvalue weighted by Crippen LogP contribution is -2.54. The van der Waals surface area contributed by atoms with Crippen molar-refractivity contribution in [3.05, 3.63) is 65.7 Å². The zero-order valence-corrected chi connectivity index (χ0v) is 19.4. The molecule has 0 N–H and O–H groups in total. The molecule has 3 heterocycles. The number of β-lactam (4-membered cyclic amide) rings is 1. The Morgan fingerprint density at radius 3 is 2.85 bits per heavy atom. The maximum absolute atomic E-state index is 14.3. The number of carbonyl (C=O) groups excluding carboxylic acids is 2. The van der Waals surface area contributed by atoms with E-state index in [1.54, 1.807) is 24.1 Å². The molecule has 0 bridgehead atoms. The first-order chi connectivity index (χ1) is 16.5. The van der Waals surface area contributed by atoms with Gasteiger partial charge in [-0.15, -0.1) is 0 Å². The van der Waals surface area contributed by atoms with Crippen molar-refractivity contribution in [1.82, 2.24) is 14.9 Å². The standard InChI is InChI=1S/C26H28FN3O4/c1-3-34-24(31)15-22(18-10-12-23(33-2)21(27)14-18)30-16-19(26(30)32)6-4-8-20-11-9-17-7-5-13-28-25(17)29-20/h5,7,9-14,19,22H,3-4,6,8,15-16H2,1-2H3/t19?,22-/m0/s1. The summed E-state index contributed by atoms with van der Waals surface area (Å²) < 4.78 is 24.4. The summed E-state index contributed by atoms with van der Waals surface area (Å²) in [5.74, 6) is -0.985. The van der Waals surface area contributed by atoms with Crippen LogP contribution in [0.15, 0.2) is 48.7 Å². The minimum Gasteiger partial charge on any atom is -0.494 e. The molecule has 8 heteroatoms. The second kappa shape index (κ2) is 10.6. The summed E-state index contributed by atoms with van der Waals surface area (Å²) in [5, 5.41) is 0.999. The third-order valence-corrected chi connectivity index (χ3v) is 6.16. The van der Waals surface area contributed by atoms with Crippen molar-refractivity contribution in [3.8, 4) is 5.75 Å². The first-order valence-electron chi connectivity index (χ1n) is 11.5. The van der Waals surface area contributed by atoms with Gasteiger partial charge in [0.25, 0.3) is 0 Å². The number of benzene rings is 1. The zero-order chi connectivity index (χ0) is 24.1. The Labute approximate surface area is 197 Å². The van der Waals surface area contributed by atoms with Crippen LogP contribution < -0.4 is 4.74 Å². The molecular formula is C26H28FN3O4. The lowest BCUT2D eigenvalue weighted by Gasteiger charge is -2.44. The fraction of sp³-hybridized carbons (Fsp3) is 0.385. The van der Waals surface area contributed by atoms with Crippen LogP contribution in [0.4, 0.5) is 4.39 Å². The number of methoxy groups -OCH3 is 1. The van der Waals surface area contributed by atoms with Crippen LogP contribution in [0.25, 0.3) is 11.0 Å². The molecule has 34 heavy (non-hydrogen) atoms. The van der Waals surface area contributed by atoms with E-state index < -0.39 is 17.8 Å². The van der Waals surface area contributed by atoms with Crippen molar-refractivity contribution in [2.45, 2.75) is 38.6 Å². The van der Waals surface area contributed by atoms with Crippen molar-refractivity contribution in [1.29, 1.82) is 0 Å². The van der Waals surface area contributed by atoms with Crippen molar-refractivity contribution in [2.24, 2.45) is 5.92 Å². The summed E-state index contributed by atoms with van der Waals surface area (Å²) in [5.41, 5.74) is 2.22. The van der Waals surface area contributed by atoms with Crippen molar-refractivity contribution >= 4 is 22.9 Å². The maximum Gasteiger partial charge on any atom is 0.308 e. The fourth-order valence-corrected chi connectivity index (χ4v) is 4.36. The van der Waals surface area contributed by atoms with Crippen LogP contribution in [-0.2, 0) is 20.7 Å². The first-order valence-corrected chi connectivity index (χ1v) is 11.5. The summed E-state index contributed by atoms with van der Waals surface area (Å²) >= 11 is 0. The SMILES string of the molecule is CCOC(=O)C[C@@H](c1ccc(OC)c(F)c1)N1CC(CCCc2ccc3cccnc3n2)C1=O. The Kier molecular flexibility index (Phi) is 7.35. The van der Waals surface area contributed by atoms with E-state index in [0.29, 0.717) is 12.1 Å². The van der Waals surface area contributed by atoms with Gasteiger partial charge in [0.2, 0.25) is 5.91 Å². The molecule has 0 spiro atoms. The first kappa shape index (κ1) is 23.6. The smallest absolute Gasteiger partial charge is 0.308 e. The van der Waals surface area contributed by atoms with Crippen molar-refractivity contribution in [3.63, 3.8) is 0 Å². The van der Waals surface area contributed by atoms with E-state index in [1.807, 2.05) is 24.3 Å². The molecule has 0 radical (unpaired) electrons. The average molecular weight is 466 g/mol. The normalized spacial score (nSPS) is 16.3. The molecule has 1 aliphatic rings. The molecule has 1 aromatic carbocycles. The van der Waals surface area contributed by atoms with Crippen molar-refractivity contribution in [2.75, 3.05) is 20.3 Å². The number of aromatic nitrogens is 2. The number of pyridine rings is 2. The molecule has 1 unspecified atom stereocenters. The van der Waals surface area contributed by atoms with Gasteiger partial charge in [0.15, 0.2) is 17.2 Å². The molecule has 1 saturated heterocycles. The number of aryl methyl sites for hydroxylation is 1. The monoisotopic (exact) mass is 465 g/mol. The summed E-state index contributed by atoms with van der Waals surface area (Å²) in [7, 11) is 1.39. The van der Waals surface area contributed by atoms with E-state index >= 15 is 0 Å². The quantitative estimate of drug-likeness (QED) is 0.329. The Balaban J connectivity index is 1.38. The number of rotatable bonds is 10. The van der Waals surface area contributed by atoms with Crippen LogP contribution in [0.2, 0.25) is 0 Å². The van der Waals surface area contributed by atoms with Crippen LogP contribution in [0.3, 0.4) is 0 Å². The Hall–Kier alpha value is -3.55. The van der Waals surface area contributed by atoms with Gasteiger partial charge in [-0.3, -0.25) is 9.59 Å². The second-order valence-electron chi connectivity index (χ2n) is 8.35. The lowest BCUT2D eigenvalue weighted by atomic mass is 9.88. The fourth-order valence-electron chi connectivity index (χ4n) is 4.36. The van der Waals surface area contributed by atoms with Crippen LogP contribution in [-0.4, -0.2) is 47.0 Å². The zero-order valence-electron chi connectivity index (χ0n) is 19.4. The van der Waals surface area contributed by atoms with Gasteiger partial charge in [-0.25, -0.2) is 14.4 Å². The lowest BCUT2D eigenvalue weighted by molar-refractivity contribution is -0.155. The van der Waals surface area contributed by atoms with Crippen molar-refractivity contribution < 1.29 is 23.5 Å². The van der Waals surface area contributed by atoms with E-state index in [4.69, 9.17) is 9.47 Å². The van der Waals surface area contributed by atoms with Crippen LogP contribution in [0.1, 0.15) is 43.5 Å². The van der Waals surface area contributed by atoms with Gasteiger partial charge < -0.3 is 14.4 Å². The van der Waals surface area contributed by atoms with E-state index in [0.717, 1.165) is 36.0 Å². The molecule has 0 aliphatic carbocycles. The van der Waals surface area contributed by atoms with E-state index in [9.17, 15) is 14.0 Å². The van der Waals surface area contributed by atoms with Gasteiger partial charge in [-0.2, -0.15) is 0 Å². The number of esters is 1. The van der Waals surface area contributed by atoms with Gasteiger partial charge in [0, 0.05) is 23.8 Å². The number of hydrogen-bond acceptors (Lipinski definition) is 6. The van der Waals surface area contributed by atoms with Gasteiger partial charge in [0.1, 0.15) is 0 Å². The third-order valence-electron chi connectivity index (χ3n) is 6.16. The second-order valence-corrected chi connectivity index (χ2v) is 8.35. The van der Waals surface area contributed by atoms with Crippen LogP contribution >= 0.6 is 0 Å². The largest absolute Gasteiger partial charge is 0.494 e. The predicted octanol–water partition coefficient (Wildman–Crippen LogP) is 4.25. The summed E-state index contributed by atoms with van der Waals surface area (Å²) in [6.45, 7) is 2.49. The Morgan fingerprint density at radius 2 is 2.12 bits per heavy atom. The van der Waals surface area contributed by atoms with Gasteiger partial charge in [-0.05, 0) is 68.1 Å². The number of likely N-dealkylation sites (tertiary alicyclic amines) is 1. The number of ether oxygens (including phenoxy) is 2. The molecule has 2 atom stereocenters. The minimum atomic E-state index is -0.573. The highest BCUT2D eigenvalue weighted by atomic mass is 19.1. The summed E-state index contributed by atoms with van der Waals surface area (Å²) in [4.78, 5) is 35.7. The number of amides is 1.